The summed E-state index contributed by atoms with van der Waals surface area (Å²) in [5.74, 6) is 1.28. The lowest BCUT2D eigenvalue weighted by Gasteiger charge is -2.02. The maximum Gasteiger partial charge on any atom is 0.240 e. The van der Waals surface area contributed by atoms with Crippen molar-refractivity contribution in [2.45, 2.75) is 5.16 Å². The molecule has 0 spiro atoms. The molecule has 26 heavy (non-hydrogen) atoms. The first-order chi connectivity index (χ1) is 12.7. The number of H-pyrrole nitrogens is 1. The van der Waals surface area contributed by atoms with Crippen LogP contribution >= 0.6 is 11.8 Å². The third-order valence-corrected chi connectivity index (χ3v) is 4.22. The predicted octanol–water partition coefficient (Wildman–Crippen LogP) is 3.23. The summed E-state index contributed by atoms with van der Waals surface area (Å²) in [4.78, 5) is 16.5. The van der Waals surface area contributed by atoms with Gasteiger partial charge in [0.2, 0.25) is 11.1 Å². The number of anilines is 1. The molecule has 1 aromatic heterocycles. The molecule has 0 aliphatic carbocycles. The molecular weight excluding hydrogens is 350 g/mol. The molecule has 0 aliphatic heterocycles. The number of thioether (sulfide) groups is 1. The smallest absolute Gasteiger partial charge is 0.240 e. The summed E-state index contributed by atoms with van der Waals surface area (Å²) < 4.78 is 5.13. The maximum atomic E-state index is 12.2. The van der Waals surface area contributed by atoms with Crippen molar-refractivity contribution in [2.24, 2.45) is 5.10 Å². The number of methoxy groups -OCH3 is 1. The van der Waals surface area contributed by atoms with Crippen LogP contribution in [-0.4, -0.2) is 40.0 Å². The predicted molar refractivity (Wildman–Crippen MR) is 102 cm³/mol. The van der Waals surface area contributed by atoms with E-state index in [2.05, 4.69) is 25.7 Å². The minimum Gasteiger partial charge on any atom is -0.497 e. The van der Waals surface area contributed by atoms with Gasteiger partial charge in [0.1, 0.15) is 5.75 Å². The van der Waals surface area contributed by atoms with Crippen molar-refractivity contribution in [1.82, 2.24) is 15.2 Å². The standard InChI is InChI=1S/C18H17N5O2S/c1-25-15-9-5-8-14(10-15)16(24)12-26-18-20-17(22-23-18)21-19-11-13-6-3-2-4-7-13/h2-11H,12H2,1H3,(H2,20,21,22,23)/b19-11-. The number of rotatable bonds is 8. The Kier molecular flexibility index (Phi) is 6.00. The van der Waals surface area contributed by atoms with E-state index in [1.807, 2.05) is 30.3 Å². The lowest BCUT2D eigenvalue weighted by molar-refractivity contribution is 0.102. The lowest BCUT2D eigenvalue weighted by atomic mass is 10.1. The first kappa shape index (κ1) is 17.7. The molecule has 0 saturated heterocycles. The number of ketones is 1. The number of Topliss-reactive ketones (excluding diaryl/α,β-unsaturated/α-hetero) is 1. The van der Waals surface area contributed by atoms with Crippen LogP contribution in [0.25, 0.3) is 0 Å². The summed E-state index contributed by atoms with van der Waals surface area (Å²) in [5.41, 5.74) is 4.34. The molecule has 8 heteroatoms. The van der Waals surface area contributed by atoms with Crippen LogP contribution < -0.4 is 10.2 Å². The number of hydrogen-bond acceptors (Lipinski definition) is 7. The second kappa shape index (κ2) is 8.82. The minimum atomic E-state index is -0.0182. The van der Waals surface area contributed by atoms with Crippen LogP contribution in [-0.2, 0) is 0 Å². The molecule has 2 aromatic carbocycles. The van der Waals surface area contributed by atoms with Gasteiger partial charge in [-0.1, -0.05) is 54.2 Å². The van der Waals surface area contributed by atoms with Crippen LogP contribution in [0.3, 0.4) is 0 Å². The highest BCUT2D eigenvalue weighted by Crippen LogP contribution is 2.18. The molecule has 1 heterocycles. The van der Waals surface area contributed by atoms with Crippen LogP contribution in [0, 0.1) is 0 Å². The Morgan fingerprint density at radius 2 is 2.12 bits per heavy atom. The summed E-state index contributed by atoms with van der Waals surface area (Å²) in [6.45, 7) is 0. The number of aromatic nitrogens is 3. The summed E-state index contributed by atoms with van der Waals surface area (Å²) in [5, 5.41) is 11.3. The van der Waals surface area contributed by atoms with E-state index in [9.17, 15) is 4.79 Å². The Morgan fingerprint density at radius 3 is 2.92 bits per heavy atom. The molecule has 132 valence electrons. The summed E-state index contributed by atoms with van der Waals surface area (Å²) in [6.07, 6.45) is 1.68. The summed E-state index contributed by atoms with van der Waals surface area (Å²) in [7, 11) is 1.57. The quantitative estimate of drug-likeness (QED) is 0.275. The average molecular weight is 367 g/mol. The Morgan fingerprint density at radius 1 is 1.27 bits per heavy atom. The lowest BCUT2D eigenvalue weighted by Crippen LogP contribution is -2.02. The number of carbonyl (C=O) groups excluding carboxylic acids is 1. The van der Waals surface area contributed by atoms with E-state index in [-0.39, 0.29) is 11.5 Å². The molecule has 0 atom stereocenters. The number of carbonyl (C=O) groups is 1. The zero-order valence-corrected chi connectivity index (χ0v) is 14.9. The topological polar surface area (TPSA) is 92.3 Å². The zero-order valence-electron chi connectivity index (χ0n) is 14.0. The van der Waals surface area contributed by atoms with Crippen LogP contribution in [0.2, 0.25) is 0 Å². The molecule has 0 radical (unpaired) electrons. The molecule has 3 aromatic rings. The molecular formula is C18H17N5O2S. The fraction of sp³-hybridized carbons (Fsp3) is 0.111. The van der Waals surface area contributed by atoms with Gasteiger partial charge in [-0.05, 0) is 17.7 Å². The molecule has 2 N–H and O–H groups in total. The van der Waals surface area contributed by atoms with Crippen molar-refractivity contribution < 1.29 is 9.53 Å². The summed E-state index contributed by atoms with van der Waals surface area (Å²) in [6, 6.07) is 16.8. The van der Waals surface area contributed by atoms with Crippen molar-refractivity contribution in [3.63, 3.8) is 0 Å². The highest BCUT2D eigenvalue weighted by Gasteiger charge is 2.10. The average Bonchev–Trinajstić information content (AvgIpc) is 3.15. The number of nitrogens with zero attached hydrogens (tertiary/aromatic N) is 3. The van der Waals surface area contributed by atoms with E-state index in [0.29, 0.717) is 22.4 Å². The van der Waals surface area contributed by atoms with Gasteiger partial charge in [0.15, 0.2) is 5.78 Å². The minimum absolute atomic E-state index is 0.0182. The highest BCUT2D eigenvalue weighted by atomic mass is 32.2. The second-order valence-electron chi connectivity index (χ2n) is 5.19. The number of nitrogens with one attached hydrogen (secondary N) is 2. The van der Waals surface area contributed by atoms with Gasteiger partial charge in [0.25, 0.3) is 0 Å². The van der Waals surface area contributed by atoms with E-state index < -0.39 is 0 Å². The second-order valence-corrected chi connectivity index (χ2v) is 6.13. The van der Waals surface area contributed by atoms with Gasteiger partial charge >= 0.3 is 0 Å². The van der Waals surface area contributed by atoms with Gasteiger partial charge in [-0.25, -0.2) is 10.5 Å². The van der Waals surface area contributed by atoms with Gasteiger partial charge in [-0.15, -0.1) is 5.10 Å². The molecule has 3 rings (SSSR count). The SMILES string of the molecule is COc1cccc(C(=O)CSc2n[nH]c(N/N=C\c3ccccc3)n2)c1. The first-order valence-electron chi connectivity index (χ1n) is 7.81. The third-order valence-electron chi connectivity index (χ3n) is 3.37. The third kappa shape index (κ3) is 4.93. The van der Waals surface area contributed by atoms with Crippen LogP contribution in [0.15, 0.2) is 64.9 Å². The van der Waals surface area contributed by atoms with Crippen molar-refractivity contribution in [3.05, 3.63) is 65.7 Å². The van der Waals surface area contributed by atoms with Crippen molar-refractivity contribution >= 4 is 29.7 Å². The normalized spacial score (nSPS) is 10.8. The number of hydrogen-bond donors (Lipinski definition) is 2. The fourth-order valence-electron chi connectivity index (χ4n) is 2.08. The highest BCUT2D eigenvalue weighted by molar-refractivity contribution is 7.99. The molecule has 0 saturated carbocycles. The van der Waals surface area contributed by atoms with Crippen LogP contribution in [0.5, 0.6) is 5.75 Å². The number of benzene rings is 2. The van der Waals surface area contributed by atoms with E-state index in [4.69, 9.17) is 4.74 Å². The van der Waals surface area contributed by atoms with Crippen LogP contribution in [0.1, 0.15) is 15.9 Å². The van der Waals surface area contributed by atoms with Crippen molar-refractivity contribution in [2.75, 3.05) is 18.3 Å². The zero-order chi connectivity index (χ0) is 18.2. The van der Waals surface area contributed by atoms with Crippen molar-refractivity contribution in [1.29, 1.82) is 0 Å². The molecule has 7 nitrogen and oxygen atoms in total. The first-order valence-corrected chi connectivity index (χ1v) is 8.80. The fourth-order valence-corrected chi connectivity index (χ4v) is 2.77. The van der Waals surface area contributed by atoms with Gasteiger partial charge < -0.3 is 4.74 Å². The van der Waals surface area contributed by atoms with Gasteiger partial charge in [-0.3, -0.25) is 4.79 Å². The van der Waals surface area contributed by atoms with Gasteiger partial charge in [0.05, 0.1) is 19.1 Å². The number of ether oxygens (including phenoxy) is 1. The van der Waals surface area contributed by atoms with Crippen molar-refractivity contribution in [3.8, 4) is 5.75 Å². The monoisotopic (exact) mass is 367 g/mol. The summed E-state index contributed by atoms with van der Waals surface area (Å²) >= 11 is 1.25. The Bertz CT molecular complexity index is 895. The number of aromatic amines is 1. The molecule has 0 amide bonds. The van der Waals surface area contributed by atoms with E-state index in [0.717, 1.165) is 5.56 Å². The molecule has 0 aliphatic rings. The van der Waals surface area contributed by atoms with E-state index >= 15 is 0 Å². The molecule has 0 unspecified atom stereocenters. The Labute approximate surface area is 154 Å². The Hall–Kier alpha value is -3.13. The number of hydrazone groups is 1. The Balaban J connectivity index is 1.52. The van der Waals surface area contributed by atoms with E-state index in [1.54, 1.807) is 37.6 Å². The maximum absolute atomic E-state index is 12.2. The van der Waals surface area contributed by atoms with Gasteiger partial charge in [-0.2, -0.15) is 10.1 Å². The molecule has 0 fully saturated rings. The van der Waals surface area contributed by atoms with Crippen LogP contribution in [0.4, 0.5) is 5.95 Å². The molecule has 0 bridgehead atoms. The van der Waals surface area contributed by atoms with E-state index in [1.165, 1.54) is 11.8 Å². The largest absolute Gasteiger partial charge is 0.497 e. The van der Waals surface area contributed by atoms with Gasteiger partial charge in [0, 0.05) is 5.56 Å².